The molecule has 0 aromatic carbocycles. The highest BCUT2D eigenvalue weighted by Gasteiger charge is 2.79. The summed E-state index contributed by atoms with van der Waals surface area (Å²) >= 11 is 0. The summed E-state index contributed by atoms with van der Waals surface area (Å²) in [6.07, 6.45) is -0.776. The van der Waals surface area contributed by atoms with Gasteiger partial charge in [-0.2, -0.15) is 39.2 Å². The molecule has 0 bridgehead atoms. The Labute approximate surface area is 136 Å². The minimum Gasteiger partial charge on any atom is -0.265 e. The lowest BCUT2D eigenvalue weighted by atomic mass is 10.1. The summed E-state index contributed by atoms with van der Waals surface area (Å²) in [5.41, 5.74) is 0. The standard InChI is InChI=1S/C13H21F7O3S/c1-2-3-4-5-6-7-8-9-10-23-24(21,22)13(19,20)11(14,15)12(16,17)18/h2-10H2,1H3. The first kappa shape index (κ1) is 23.4. The number of rotatable bonds is 12. The van der Waals surface area contributed by atoms with Gasteiger partial charge in [0, 0.05) is 0 Å². The Balaban J connectivity index is 4.36. The van der Waals surface area contributed by atoms with Crippen LogP contribution >= 0.6 is 0 Å². The fraction of sp³-hybridized carbons (Fsp3) is 1.00. The largest absolute Gasteiger partial charge is 0.461 e. The maximum atomic E-state index is 13.0. The van der Waals surface area contributed by atoms with Crippen molar-refractivity contribution in [2.24, 2.45) is 0 Å². The maximum absolute atomic E-state index is 13.0. The molecule has 0 spiro atoms. The van der Waals surface area contributed by atoms with Crippen molar-refractivity contribution in [3.05, 3.63) is 0 Å². The first-order valence-electron chi connectivity index (χ1n) is 7.52. The Hall–Kier alpha value is -0.580. The second-order valence-electron chi connectivity index (χ2n) is 5.34. The van der Waals surface area contributed by atoms with Gasteiger partial charge in [-0.3, -0.25) is 4.18 Å². The number of unbranched alkanes of at least 4 members (excludes halogenated alkanes) is 7. The third-order valence-corrected chi connectivity index (χ3v) is 4.63. The van der Waals surface area contributed by atoms with Crippen LogP contribution < -0.4 is 0 Å². The number of alkyl halides is 7. The van der Waals surface area contributed by atoms with Crippen LogP contribution in [0.5, 0.6) is 0 Å². The zero-order chi connectivity index (χ0) is 19.1. The average molecular weight is 390 g/mol. The van der Waals surface area contributed by atoms with Crippen LogP contribution in [0.1, 0.15) is 58.3 Å². The summed E-state index contributed by atoms with van der Waals surface area (Å²) < 4.78 is 113. The van der Waals surface area contributed by atoms with Crippen LogP contribution in [-0.2, 0) is 14.3 Å². The lowest BCUT2D eigenvalue weighted by Gasteiger charge is -2.27. The fourth-order valence-corrected chi connectivity index (χ4v) is 2.72. The van der Waals surface area contributed by atoms with E-state index in [1.54, 1.807) is 0 Å². The van der Waals surface area contributed by atoms with Crippen LogP contribution in [0.2, 0.25) is 0 Å². The molecule has 0 amide bonds. The van der Waals surface area contributed by atoms with E-state index in [0.717, 1.165) is 32.1 Å². The number of hydrogen-bond acceptors (Lipinski definition) is 3. The van der Waals surface area contributed by atoms with Gasteiger partial charge in [-0.25, -0.2) is 0 Å². The van der Waals surface area contributed by atoms with Crippen LogP contribution in [0.15, 0.2) is 0 Å². The molecule has 146 valence electrons. The molecule has 3 nitrogen and oxygen atoms in total. The molecule has 0 saturated heterocycles. The molecule has 0 rings (SSSR count). The van der Waals surface area contributed by atoms with E-state index in [2.05, 4.69) is 4.18 Å². The van der Waals surface area contributed by atoms with Crippen molar-refractivity contribution < 1.29 is 43.3 Å². The zero-order valence-corrected chi connectivity index (χ0v) is 14.0. The molecule has 0 atom stereocenters. The van der Waals surface area contributed by atoms with Crippen molar-refractivity contribution >= 4 is 10.1 Å². The van der Waals surface area contributed by atoms with Crippen molar-refractivity contribution in [2.45, 2.75) is 75.6 Å². The van der Waals surface area contributed by atoms with E-state index in [9.17, 15) is 39.2 Å². The minimum absolute atomic E-state index is 0.0410. The van der Waals surface area contributed by atoms with E-state index < -0.39 is 34.1 Å². The lowest BCUT2D eigenvalue weighted by Crippen LogP contribution is -2.56. The summed E-state index contributed by atoms with van der Waals surface area (Å²) in [4.78, 5) is 0. The van der Waals surface area contributed by atoms with Gasteiger partial charge in [-0.15, -0.1) is 0 Å². The van der Waals surface area contributed by atoms with Gasteiger partial charge in [-0.05, 0) is 6.42 Å². The van der Waals surface area contributed by atoms with Gasteiger partial charge >= 0.3 is 27.5 Å². The molecule has 11 heteroatoms. The van der Waals surface area contributed by atoms with Gasteiger partial charge in [0.05, 0.1) is 6.61 Å². The minimum atomic E-state index is -6.74. The van der Waals surface area contributed by atoms with Crippen LogP contribution in [0.25, 0.3) is 0 Å². The molecule has 0 heterocycles. The summed E-state index contributed by atoms with van der Waals surface area (Å²) in [6.45, 7) is 1.16. The van der Waals surface area contributed by atoms with E-state index in [1.165, 1.54) is 0 Å². The van der Waals surface area contributed by atoms with Gasteiger partial charge in [0.2, 0.25) is 0 Å². The monoisotopic (exact) mass is 390 g/mol. The normalized spacial score (nSPS) is 14.2. The van der Waals surface area contributed by atoms with Crippen LogP contribution in [0.4, 0.5) is 30.7 Å². The lowest BCUT2D eigenvalue weighted by molar-refractivity contribution is -0.333. The number of halogens is 7. The summed E-state index contributed by atoms with van der Waals surface area (Å²) in [7, 11) is -6.41. The molecule has 0 aromatic rings. The summed E-state index contributed by atoms with van der Waals surface area (Å²) in [5.74, 6) is -6.74. The molecule has 0 unspecified atom stereocenters. The van der Waals surface area contributed by atoms with Crippen molar-refractivity contribution in [3.63, 3.8) is 0 Å². The molecule has 0 aliphatic heterocycles. The topological polar surface area (TPSA) is 43.4 Å². The molecule has 0 N–H and O–H groups in total. The van der Waals surface area contributed by atoms with Gasteiger partial charge in [0.25, 0.3) is 0 Å². The van der Waals surface area contributed by atoms with Crippen molar-refractivity contribution in [1.82, 2.24) is 0 Å². The Morgan fingerprint density at radius 2 is 1.17 bits per heavy atom. The fourth-order valence-electron chi connectivity index (χ4n) is 1.80. The second-order valence-corrected chi connectivity index (χ2v) is 7.00. The Morgan fingerprint density at radius 1 is 0.750 bits per heavy atom. The van der Waals surface area contributed by atoms with E-state index in [-0.39, 0.29) is 6.42 Å². The molecule has 0 saturated carbocycles. The Kier molecular flexibility index (Phi) is 8.99. The molecular weight excluding hydrogens is 369 g/mol. The van der Waals surface area contributed by atoms with Gasteiger partial charge < -0.3 is 0 Å². The average Bonchev–Trinajstić information content (AvgIpc) is 2.43. The first-order chi connectivity index (χ1) is 10.8. The molecular formula is C13H21F7O3S. The van der Waals surface area contributed by atoms with E-state index in [1.807, 2.05) is 6.92 Å². The molecule has 0 aliphatic carbocycles. The van der Waals surface area contributed by atoms with Crippen molar-refractivity contribution in [2.75, 3.05) is 6.61 Å². The van der Waals surface area contributed by atoms with Crippen LogP contribution in [0, 0.1) is 0 Å². The molecule has 24 heavy (non-hydrogen) atoms. The maximum Gasteiger partial charge on any atom is 0.461 e. The molecule has 0 radical (unpaired) electrons. The predicted molar refractivity (Wildman–Crippen MR) is 73.4 cm³/mol. The number of hydrogen-bond donors (Lipinski definition) is 0. The van der Waals surface area contributed by atoms with Crippen molar-refractivity contribution in [1.29, 1.82) is 0 Å². The highest BCUT2D eigenvalue weighted by molar-refractivity contribution is 7.87. The second kappa shape index (κ2) is 9.21. The summed E-state index contributed by atoms with van der Waals surface area (Å²) in [5, 5.41) is -6.39. The quantitative estimate of drug-likeness (QED) is 0.259. The SMILES string of the molecule is CCCCCCCCCCOS(=O)(=O)C(F)(F)C(F)(F)C(F)(F)F. The summed E-state index contributed by atoms with van der Waals surface area (Å²) in [6, 6.07) is 0. The molecule has 0 fully saturated rings. The molecule has 0 aliphatic rings. The Bertz CT molecular complexity index is 461. The third-order valence-electron chi connectivity index (χ3n) is 3.27. The van der Waals surface area contributed by atoms with Gasteiger partial charge in [0.1, 0.15) is 0 Å². The zero-order valence-electron chi connectivity index (χ0n) is 13.1. The smallest absolute Gasteiger partial charge is 0.265 e. The third kappa shape index (κ3) is 6.05. The van der Waals surface area contributed by atoms with Crippen LogP contribution in [-0.4, -0.2) is 32.4 Å². The van der Waals surface area contributed by atoms with Gasteiger partial charge in [0.15, 0.2) is 0 Å². The highest BCUT2D eigenvalue weighted by Crippen LogP contribution is 2.49. The molecule has 0 aromatic heterocycles. The highest BCUT2D eigenvalue weighted by atomic mass is 32.2. The predicted octanol–water partition coefficient (Wildman–Crippen LogP) is 5.26. The van der Waals surface area contributed by atoms with Crippen molar-refractivity contribution in [3.8, 4) is 0 Å². The van der Waals surface area contributed by atoms with E-state index >= 15 is 0 Å². The van der Waals surface area contributed by atoms with Crippen LogP contribution in [0.3, 0.4) is 0 Å². The first-order valence-corrected chi connectivity index (χ1v) is 8.93. The Morgan fingerprint density at radius 3 is 1.58 bits per heavy atom. The van der Waals surface area contributed by atoms with Gasteiger partial charge in [-0.1, -0.05) is 51.9 Å². The van der Waals surface area contributed by atoms with E-state index in [0.29, 0.717) is 12.8 Å². The van der Waals surface area contributed by atoms with E-state index in [4.69, 9.17) is 0 Å².